The van der Waals surface area contributed by atoms with Gasteiger partial charge in [0.15, 0.2) is 24.6 Å². The van der Waals surface area contributed by atoms with Crippen molar-refractivity contribution in [1.29, 1.82) is 0 Å². The predicted octanol–water partition coefficient (Wildman–Crippen LogP) is 6.89. The van der Waals surface area contributed by atoms with Gasteiger partial charge in [0, 0.05) is 42.2 Å². The second kappa shape index (κ2) is 13.4. The van der Waals surface area contributed by atoms with Crippen LogP contribution in [-0.2, 0) is 31.7 Å². The Morgan fingerprint density at radius 2 is 1.32 bits per heavy atom. The summed E-state index contributed by atoms with van der Waals surface area (Å²) in [5, 5.41) is 0.927. The minimum absolute atomic E-state index is 0.745. The topological polar surface area (TPSA) is 50.5 Å². The molecule has 7 heteroatoms. The lowest BCUT2D eigenvalue weighted by Crippen LogP contribution is -2.33. The van der Waals surface area contributed by atoms with E-state index in [-0.39, 0.29) is 0 Å². The molecule has 0 unspecified atom stereocenters. The van der Waals surface area contributed by atoms with Crippen LogP contribution in [0.5, 0.6) is 0 Å². The molecule has 1 aliphatic rings. The number of hydrogen-bond donors (Lipinski definition) is 0. The van der Waals surface area contributed by atoms with Gasteiger partial charge in [-0.3, -0.25) is 0 Å². The maximum atomic E-state index is 4.67. The summed E-state index contributed by atoms with van der Waals surface area (Å²) in [6.45, 7) is 4.04. The van der Waals surface area contributed by atoms with E-state index in [0.717, 1.165) is 47.9 Å². The lowest BCUT2D eigenvalue weighted by molar-refractivity contribution is -0.688. The van der Waals surface area contributed by atoms with Gasteiger partial charge < -0.3 is 9.47 Å². The Hall–Kier alpha value is -4.49. The van der Waals surface area contributed by atoms with Gasteiger partial charge >= 0.3 is 0 Å². The first-order valence-electron chi connectivity index (χ1n) is 15.5. The molecule has 0 amide bonds. The fourth-order valence-corrected chi connectivity index (χ4v) is 6.47. The maximum absolute atomic E-state index is 4.67. The molecular formula is C37H37N6S+. The number of fused-ring (bicyclic) bond motifs is 1. The Labute approximate surface area is 263 Å². The first-order valence-corrected chi connectivity index (χ1v) is 16.5. The summed E-state index contributed by atoms with van der Waals surface area (Å²) >= 11 is 1.71. The van der Waals surface area contributed by atoms with Gasteiger partial charge in [-0.15, -0.1) is 0 Å². The van der Waals surface area contributed by atoms with Crippen LogP contribution < -0.4 is 9.47 Å². The quantitative estimate of drug-likeness (QED) is 0.0477. The van der Waals surface area contributed by atoms with Crippen LogP contribution in [0, 0.1) is 0 Å². The van der Waals surface area contributed by atoms with Gasteiger partial charge in [-0.25, -0.2) is 19.5 Å². The molecule has 4 heterocycles. The first kappa shape index (κ1) is 28.3. The molecule has 3 aromatic carbocycles. The Bertz CT molecular complexity index is 1790. The van der Waals surface area contributed by atoms with Crippen LogP contribution in [0.1, 0.15) is 40.7 Å². The van der Waals surface area contributed by atoms with Crippen molar-refractivity contribution in [3.63, 3.8) is 0 Å². The summed E-state index contributed by atoms with van der Waals surface area (Å²) in [5.41, 5.74) is 9.76. The SMILES string of the molecule is c1ccc(CSc2ncnc3c2ncn3Cc2ccc(CCCCc3ccc(C[n+]4ccc(N5CC5)cc4)cc3)cc2)cc1. The molecule has 1 saturated heterocycles. The van der Waals surface area contributed by atoms with Crippen molar-refractivity contribution in [2.75, 3.05) is 18.0 Å². The second-order valence-corrected chi connectivity index (χ2v) is 12.5. The van der Waals surface area contributed by atoms with Crippen LogP contribution in [-0.4, -0.2) is 32.6 Å². The van der Waals surface area contributed by atoms with Crippen LogP contribution in [0.15, 0.2) is 121 Å². The summed E-state index contributed by atoms with van der Waals surface area (Å²) in [5.74, 6) is 0.862. The number of pyridine rings is 1. The zero-order valence-electron chi connectivity index (χ0n) is 24.9. The molecule has 7 rings (SSSR count). The normalized spacial score (nSPS) is 12.6. The van der Waals surface area contributed by atoms with E-state index >= 15 is 0 Å². The Balaban J connectivity index is 0.868. The number of nitrogens with zero attached hydrogens (tertiary/aromatic N) is 6. The van der Waals surface area contributed by atoms with Gasteiger partial charge in [0.25, 0.3) is 0 Å². The van der Waals surface area contributed by atoms with Crippen molar-refractivity contribution in [2.24, 2.45) is 0 Å². The van der Waals surface area contributed by atoms with E-state index < -0.39 is 0 Å². The van der Waals surface area contributed by atoms with Gasteiger partial charge in [0.05, 0.1) is 12.9 Å². The van der Waals surface area contributed by atoms with Crippen LogP contribution in [0.2, 0.25) is 0 Å². The summed E-state index contributed by atoms with van der Waals surface area (Å²) in [7, 11) is 0. The molecule has 1 aliphatic heterocycles. The highest BCUT2D eigenvalue weighted by Crippen LogP contribution is 2.27. The van der Waals surface area contributed by atoms with Crippen LogP contribution in [0.4, 0.5) is 5.69 Å². The molecule has 44 heavy (non-hydrogen) atoms. The third-order valence-corrected chi connectivity index (χ3v) is 9.27. The van der Waals surface area contributed by atoms with Crippen LogP contribution in [0.25, 0.3) is 11.2 Å². The summed E-state index contributed by atoms with van der Waals surface area (Å²) in [6, 6.07) is 33.1. The molecule has 0 N–H and O–H groups in total. The molecule has 0 aliphatic carbocycles. The van der Waals surface area contributed by atoms with Gasteiger partial charge in [-0.1, -0.05) is 90.6 Å². The van der Waals surface area contributed by atoms with E-state index in [1.165, 1.54) is 59.4 Å². The van der Waals surface area contributed by atoms with E-state index in [1.54, 1.807) is 18.1 Å². The number of unbranched alkanes of at least 4 members (excludes halogenated alkanes) is 1. The van der Waals surface area contributed by atoms with Crippen LogP contribution >= 0.6 is 11.8 Å². The summed E-state index contributed by atoms with van der Waals surface area (Å²) in [6.07, 6.45) is 12.5. The highest BCUT2D eigenvalue weighted by molar-refractivity contribution is 7.98. The molecular weight excluding hydrogens is 561 g/mol. The molecule has 220 valence electrons. The lowest BCUT2D eigenvalue weighted by Gasteiger charge is -2.07. The zero-order valence-corrected chi connectivity index (χ0v) is 25.7. The minimum atomic E-state index is 0.745. The Morgan fingerprint density at radius 1 is 0.659 bits per heavy atom. The fraction of sp³-hybridized carbons (Fsp3) is 0.243. The Kier molecular flexibility index (Phi) is 8.64. The number of imidazole rings is 1. The van der Waals surface area contributed by atoms with E-state index in [9.17, 15) is 0 Å². The maximum Gasteiger partial charge on any atom is 0.173 e. The standard InChI is InChI=1S/C37H37N6S/c1-2-8-33(9-3-1)26-44-37-35-36(38-27-39-37)43(28-40-35)25-32-16-12-30(13-17-32)7-5-4-6-29-10-14-31(15-11-29)24-41-20-18-34(19-21-41)42-22-23-42/h1-3,8-21,27-28H,4-7,22-26H2/q+1. The van der Waals surface area contributed by atoms with Crippen molar-refractivity contribution >= 4 is 28.6 Å². The van der Waals surface area contributed by atoms with E-state index in [2.05, 4.69) is 126 Å². The number of rotatable bonds is 13. The second-order valence-electron chi connectivity index (χ2n) is 11.6. The molecule has 3 aromatic heterocycles. The summed E-state index contributed by atoms with van der Waals surface area (Å²) < 4.78 is 4.37. The van der Waals surface area contributed by atoms with Crippen molar-refractivity contribution in [1.82, 2.24) is 19.5 Å². The molecule has 0 spiro atoms. The van der Waals surface area contributed by atoms with Crippen LogP contribution in [0.3, 0.4) is 0 Å². The average molecular weight is 598 g/mol. The average Bonchev–Trinajstić information content (AvgIpc) is 3.85. The van der Waals surface area contributed by atoms with E-state index in [1.807, 2.05) is 12.4 Å². The van der Waals surface area contributed by atoms with E-state index in [4.69, 9.17) is 0 Å². The van der Waals surface area contributed by atoms with Gasteiger partial charge in [0.2, 0.25) is 0 Å². The molecule has 6 nitrogen and oxygen atoms in total. The molecule has 0 saturated carbocycles. The number of aromatic nitrogens is 5. The number of hydrogen-bond acceptors (Lipinski definition) is 5. The lowest BCUT2D eigenvalue weighted by atomic mass is 10.0. The highest BCUT2D eigenvalue weighted by Gasteiger charge is 2.18. The van der Waals surface area contributed by atoms with E-state index in [0.29, 0.717) is 0 Å². The third-order valence-electron chi connectivity index (χ3n) is 8.22. The molecule has 6 aromatic rings. The smallest absolute Gasteiger partial charge is 0.173 e. The minimum Gasteiger partial charge on any atom is -0.368 e. The molecule has 1 fully saturated rings. The highest BCUT2D eigenvalue weighted by atomic mass is 32.2. The third kappa shape index (κ3) is 7.17. The van der Waals surface area contributed by atoms with Gasteiger partial charge in [-0.05, 0) is 47.9 Å². The van der Waals surface area contributed by atoms with Gasteiger partial charge in [-0.2, -0.15) is 0 Å². The van der Waals surface area contributed by atoms with Crippen molar-refractivity contribution in [3.8, 4) is 0 Å². The van der Waals surface area contributed by atoms with Crippen molar-refractivity contribution in [2.45, 2.75) is 49.6 Å². The molecule has 0 atom stereocenters. The fourth-order valence-electron chi connectivity index (χ4n) is 5.57. The van der Waals surface area contributed by atoms with Gasteiger partial charge in [0.1, 0.15) is 16.9 Å². The largest absolute Gasteiger partial charge is 0.368 e. The summed E-state index contributed by atoms with van der Waals surface area (Å²) in [4.78, 5) is 16.1. The zero-order chi connectivity index (χ0) is 29.6. The van der Waals surface area contributed by atoms with Crippen molar-refractivity contribution in [3.05, 3.63) is 144 Å². The monoisotopic (exact) mass is 597 g/mol. The number of anilines is 1. The predicted molar refractivity (Wildman–Crippen MR) is 178 cm³/mol. The number of aryl methyl sites for hydroxylation is 2. The molecule has 0 bridgehead atoms. The van der Waals surface area contributed by atoms with Crippen molar-refractivity contribution < 1.29 is 4.57 Å². The number of benzene rings is 3. The Morgan fingerprint density at radius 3 is 2.00 bits per heavy atom. The first-order chi connectivity index (χ1) is 21.8. The number of thioether (sulfide) groups is 1. The molecule has 0 radical (unpaired) electrons.